The average Bonchev–Trinajstić information content (AvgIpc) is 2.57. The molecule has 0 radical (unpaired) electrons. The number of amides is 2. The van der Waals surface area contributed by atoms with Gasteiger partial charge in [-0.2, -0.15) is 0 Å². The van der Waals surface area contributed by atoms with Crippen LogP contribution < -0.4 is 10.6 Å². The van der Waals surface area contributed by atoms with Crippen molar-refractivity contribution in [3.63, 3.8) is 0 Å². The Balaban J connectivity index is 2.11. The molecule has 0 saturated heterocycles. The number of allylic oxidation sites excluding steroid dienone is 1. The van der Waals surface area contributed by atoms with Crippen molar-refractivity contribution < 1.29 is 19.1 Å². The van der Waals surface area contributed by atoms with E-state index in [-0.39, 0.29) is 18.4 Å². The van der Waals surface area contributed by atoms with Gasteiger partial charge in [0.1, 0.15) is 6.54 Å². The summed E-state index contributed by atoms with van der Waals surface area (Å²) in [6.07, 6.45) is 4.45. The molecule has 0 bridgehead atoms. The minimum Gasteiger partial charge on any atom is -0.465 e. The van der Waals surface area contributed by atoms with Crippen LogP contribution in [0.3, 0.4) is 0 Å². The third-order valence-electron chi connectivity index (χ3n) is 2.85. The first-order valence-corrected chi connectivity index (χ1v) is 7.56. The van der Waals surface area contributed by atoms with Gasteiger partial charge < -0.3 is 15.4 Å². The third-order valence-corrected chi connectivity index (χ3v) is 2.85. The summed E-state index contributed by atoms with van der Waals surface area (Å²) >= 11 is 0. The summed E-state index contributed by atoms with van der Waals surface area (Å²) in [5.41, 5.74) is 0.626. The number of esters is 1. The Morgan fingerprint density at radius 1 is 1.13 bits per heavy atom. The maximum Gasteiger partial charge on any atom is 0.325 e. The van der Waals surface area contributed by atoms with Gasteiger partial charge in [0.05, 0.1) is 6.61 Å². The largest absolute Gasteiger partial charge is 0.465 e. The van der Waals surface area contributed by atoms with Crippen LogP contribution in [0.4, 0.5) is 0 Å². The molecule has 2 amide bonds. The Kier molecular flexibility index (Phi) is 8.81. The van der Waals surface area contributed by atoms with Crippen molar-refractivity contribution >= 4 is 17.8 Å². The van der Waals surface area contributed by atoms with E-state index in [1.165, 1.54) is 6.08 Å². The Hall–Kier alpha value is -2.63. The molecule has 23 heavy (non-hydrogen) atoms. The number of benzene rings is 1. The molecule has 124 valence electrons. The van der Waals surface area contributed by atoms with E-state index >= 15 is 0 Å². The lowest BCUT2D eigenvalue weighted by atomic mass is 10.2. The molecule has 2 N–H and O–H groups in total. The normalized spacial score (nSPS) is 10.3. The summed E-state index contributed by atoms with van der Waals surface area (Å²) < 4.78 is 4.69. The summed E-state index contributed by atoms with van der Waals surface area (Å²) in [4.78, 5) is 34.2. The highest BCUT2D eigenvalue weighted by atomic mass is 16.5. The van der Waals surface area contributed by atoms with Gasteiger partial charge in [0, 0.05) is 12.1 Å². The minimum absolute atomic E-state index is 0.109. The second-order valence-corrected chi connectivity index (χ2v) is 4.69. The molecule has 1 aromatic carbocycles. The van der Waals surface area contributed by atoms with Crippen LogP contribution >= 0.6 is 0 Å². The van der Waals surface area contributed by atoms with Crippen LogP contribution in [0, 0.1) is 0 Å². The zero-order chi connectivity index (χ0) is 16.9. The van der Waals surface area contributed by atoms with E-state index in [1.807, 2.05) is 18.2 Å². The van der Waals surface area contributed by atoms with Crippen LogP contribution in [0.1, 0.15) is 30.1 Å². The minimum atomic E-state index is -0.460. The molecule has 0 unspecified atom stereocenters. The monoisotopic (exact) mass is 318 g/mol. The first kappa shape index (κ1) is 18.4. The van der Waals surface area contributed by atoms with Crippen LogP contribution in [0.25, 0.3) is 0 Å². The van der Waals surface area contributed by atoms with Crippen molar-refractivity contribution in [3.8, 4) is 0 Å². The molecule has 0 aliphatic heterocycles. The lowest BCUT2D eigenvalue weighted by Gasteiger charge is -2.04. The standard InChI is InChI=1S/C17H22N2O4/c1-2-23-16(21)13-19-15(20)11-7-4-8-12-18-17(22)14-9-5-3-6-10-14/h3,5-7,9-11H,2,4,8,12-13H2,1H3,(H,18,22)(H,19,20). The van der Waals surface area contributed by atoms with Crippen molar-refractivity contribution in [2.24, 2.45) is 0 Å². The van der Waals surface area contributed by atoms with Gasteiger partial charge in [-0.05, 0) is 38.0 Å². The Morgan fingerprint density at radius 3 is 2.57 bits per heavy atom. The summed E-state index contributed by atoms with van der Waals surface area (Å²) in [7, 11) is 0. The molecule has 0 heterocycles. The molecule has 1 aromatic rings. The lowest BCUT2D eigenvalue weighted by Crippen LogP contribution is -2.29. The van der Waals surface area contributed by atoms with Gasteiger partial charge >= 0.3 is 5.97 Å². The number of ether oxygens (including phenoxy) is 1. The zero-order valence-electron chi connectivity index (χ0n) is 13.2. The van der Waals surface area contributed by atoms with Crippen LogP contribution in [-0.4, -0.2) is 37.5 Å². The van der Waals surface area contributed by atoms with Crippen LogP contribution in [0.5, 0.6) is 0 Å². The van der Waals surface area contributed by atoms with E-state index in [0.29, 0.717) is 25.1 Å². The average molecular weight is 318 g/mol. The zero-order valence-corrected chi connectivity index (χ0v) is 13.2. The fourth-order valence-electron chi connectivity index (χ4n) is 1.73. The van der Waals surface area contributed by atoms with Gasteiger partial charge in [0.25, 0.3) is 5.91 Å². The van der Waals surface area contributed by atoms with Crippen molar-refractivity contribution in [2.75, 3.05) is 19.7 Å². The highest BCUT2D eigenvalue weighted by molar-refractivity contribution is 5.94. The van der Waals surface area contributed by atoms with Crippen molar-refractivity contribution in [2.45, 2.75) is 19.8 Å². The summed E-state index contributed by atoms with van der Waals surface area (Å²) in [6, 6.07) is 8.99. The van der Waals surface area contributed by atoms with E-state index in [9.17, 15) is 14.4 Å². The van der Waals surface area contributed by atoms with Gasteiger partial charge in [0.15, 0.2) is 0 Å². The molecule has 0 atom stereocenters. The van der Waals surface area contributed by atoms with Crippen molar-refractivity contribution in [3.05, 3.63) is 48.0 Å². The highest BCUT2D eigenvalue weighted by Crippen LogP contribution is 1.98. The van der Waals surface area contributed by atoms with E-state index in [2.05, 4.69) is 10.6 Å². The molecule has 6 heteroatoms. The number of carbonyl (C=O) groups excluding carboxylic acids is 3. The second-order valence-electron chi connectivity index (χ2n) is 4.69. The van der Waals surface area contributed by atoms with Crippen molar-refractivity contribution in [1.82, 2.24) is 10.6 Å². The molecule has 0 spiro atoms. The fraction of sp³-hybridized carbons (Fsp3) is 0.353. The number of rotatable bonds is 9. The number of hydrogen-bond donors (Lipinski definition) is 2. The SMILES string of the molecule is CCOC(=O)CNC(=O)C=CCCCNC(=O)c1ccccc1. The molecular formula is C17H22N2O4. The Labute approximate surface area is 135 Å². The van der Waals surface area contributed by atoms with Gasteiger partial charge in [-0.15, -0.1) is 0 Å². The van der Waals surface area contributed by atoms with Gasteiger partial charge in [-0.3, -0.25) is 14.4 Å². The molecule has 0 saturated carbocycles. The van der Waals surface area contributed by atoms with E-state index in [4.69, 9.17) is 4.74 Å². The van der Waals surface area contributed by atoms with Gasteiger partial charge in [0.2, 0.25) is 5.91 Å². The molecule has 0 aliphatic carbocycles. The molecule has 1 rings (SSSR count). The number of unbranched alkanes of at least 4 members (excludes halogenated alkanes) is 1. The third kappa shape index (κ3) is 8.40. The van der Waals surface area contributed by atoms with E-state index < -0.39 is 5.97 Å². The van der Waals surface area contributed by atoms with Crippen LogP contribution in [0.15, 0.2) is 42.5 Å². The topological polar surface area (TPSA) is 84.5 Å². The quantitative estimate of drug-likeness (QED) is 0.410. The van der Waals surface area contributed by atoms with E-state index in [1.54, 1.807) is 25.1 Å². The van der Waals surface area contributed by atoms with Crippen LogP contribution in [-0.2, 0) is 14.3 Å². The Bertz CT molecular complexity index is 541. The second kappa shape index (κ2) is 11.0. The first-order chi connectivity index (χ1) is 11.1. The molecule has 0 aliphatic rings. The first-order valence-electron chi connectivity index (χ1n) is 7.56. The predicted octanol–water partition coefficient (Wildman–Crippen LogP) is 1.43. The maximum absolute atomic E-state index is 11.8. The van der Waals surface area contributed by atoms with Crippen molar-refractivity contribution in [1.29, 1.82) is 0 Å². The van der Waals surface area contributed by atoms with Gasteiger partial charge in [-0.25, -0.2) is 0 Å². The summed E-state index contributed by atoms with van der Waals surface area (Å²) in [5, 5.41) is 5.23. The molecule has 6 nitrogen and oxygen atoms in total. The molecule has 0 aromatic heterocycles. The fourth-order valence-corrected chi connectivity index (χ4v) is 1.73. The number of hydrogen-bond acceptors (Lipinski definition) is 4. The summed E-state index contributed by atoms with van der Waals surface area (Å²) in [6.45, 7) is 2.39. The summed E-state index contributed by atoms with van der Waals surface area (Å²) in [5.74, 6) is -0.911. The molecular weight excluding hydrogens is 296 g/mol. The number of nitrogens with one attached hydrogen (secondary N) is 2. The van der Waals surface area contributed by atoms with Gasteiger partial charge in [-0.1, -0.05) is 24.3 Å². The smallest absolute Gasteiger partial charge is 0.325 e. The molecule has 0 fully saturated rings. The van der Waals surface area contributed by atoms with E-state index in [0.717, 1.165) is 6.42 Å². The highest BCUT2D eigenvalue weighted by Gasteiger charge is 2.03. The lowest BCUT2D eigenvalue weighted by molar-refractivity contribution is -0.143. The maximum atomic E-state index is 11.8. The number of carbonyl (C=O) groups is 3. The predicted molar refractivity (Wildman–Crippen MR) is 86.8 cm³/mol. The van der Waals surface area contributed by atoms with Crippen LogP contribution in [0.2, 0.25) is 0 Å². The Morgan fingerprint density at radius 2 is 1.87 bits per heavy atom.